The third-order valence-electron chi connectivity index (χ3n) is 5.59. The molecule has 2 atom stereocenters. The van der Waals surface area contributed by atoms with E-state index in [1.165, 1.54) is 11.4 Å². The van der Waals surface area contributed by atoms with Crippen LogP contribution in [0, 0.1) is 6.92 Å². The van der Waals surface area contributed by atoms with Crippen molar-refractivity contribution >= 4 is 21.5 Å². The van der Waals surface area contributed by atoms with Gasteiger partial charge in [0.1, 0.15) is 11.8 Å². The van der Waals surface area contributed by atoms with Gasteiger partial charge in [0.25, 0.3) is 10.0 Å². The molecule has 31 heavy (non-hydrogen) atoms. The fourth-order valence-corrected chi connectivity index (χ4v) is 5.64. The first-order chi connectivity index (χ1) is 14.9. The molecule has 0 aliphatic carbocycles. The lowest BCUT2D eigenvalue weighted by Gasteiger charge is -2.28. The minimum Gasteiger partial charge on any atom is -0.497 e. The highest BCUT2D eigenvalue weighted by molar-refractivity contribution is 7.93. The molecule has 0 radical (unpaired) electrons. The van der Waals surface area contributed by atoms with Gasteiger partial charge in [0, 0.05) is 17.5 Å². The first kappa shape index (κ1) is 20.9. The number of Topliss-reactive ketones (excluding diaryl/α,β-unsaturated/α-hetero) is 1. The quantitative estimate of drug-likeness (QED) is 0.416. The molecule has 0 fully saturated rings. The van der Waals surface area contributed by atoms with Gasteiger partial charge in [0.05, 0.1) is 17.7 Å². The van der Waals surface area contributed by atoms with E-state index in [0.717, 1.165) is 11.1 Å². The van der Waals surface area contributed by atoms with Crippen molar-refractivity contribution in [3.63, 3.8) is 0 Å². The molecule has 0 N–H and O–H groups in total. The van der Waals surface area contributed by atoms with Crippen LogP contribution in [-0.4, -0.2) is 27.4 Å². The number of benzene rings is 3. The Hall–Kier alpha value is -3.38. The Balaban J connectivity index is 1.94. The van der Waals surface area contributed by atoms with Crippen molar-refractivity contribution in [2.75, 3.05) is 11.4 Å². The number of rotatable bonds is 6. The van der Waals surface area contributed by atoms with Crippen LogP contribution < -0.4 is 9.04 Å². The second-order valence-corrected chi connectivity index (χ2v) is 9.29. The van der Waals surface area contributed by atoms with Gasteiger partial charge in [0.2, 0.25) is 0 Å². The summed E-state index contributed by atoms with van der Waals surface area (Å²) in [4.78, 5) is 13.7. The SMILES string of the molecule is C=C[C@@H]1c2ccc(OC)cc2N(S(=O)(=O)c2ccc(C)cc2)[C@H]1C(=O)c1ccccc1. The average Bonchev–Trinajstić information content (AvgIpc) is 3.13. The summed E-state index contributed by atoms with van der Waals surface area (Å²) in [6.07, 6.45) is 1.64. The van der Waals surface area contributed by atoms with E-state index >= 15 is 0 Å². The first-order valence-corrected chi connectivity index (χ1v) is 11.3. The minimum absolute atomic E-state index is 0.127. The van der Waals surface area contributed by atoms with E-state index in [2.05, 4.69) is 6.58 Å². The fraction of sp³-hybridized carbons (Fsp3) is 0.160. The molecule has 0 saturated heterocycles. The molecule has 158 valence electrons. The second-order valence-electron chi connectivity index (χ2n) is 7.48. The number of carbonyl (C=O) groups excluding carboxylic acids is 1. The van der Waals surface area contributed by atoms with E-state index in [1.54, 1.807) is 72.8 Å². The van der Waals surface area contributed by atoms with Crippen LogP contribution in [0.15, 0.2) is 90.3 Å². The minimum atomic E-state index is -4.03. The summed E-state index contributed by atoms with van der Waals surface area (Å²) in [5.74, 6) is -0.260. The van der Waals surface area contributed by atoms with E-state index < -0.39 is 22.0 Å². The fourth-order valence-electron chi connectivity index (χ4n) is 3.99. The van der Waals surface area contributed by atoms with Gasteiger partial charge >= 0.3 is 0 Å². The molecule has 6 heteroatoms. The molecule has 4 rings (SSSR count). The van der Waals surface area contributed by atoms with Crippen molar-refractivity contribution in [1.82, 2.24) is 0 Å². The normalized spacial score (nSPS) is 17.8. The molecule has 3 aromatic carbocycles. The van der Waals surface area contributed by atoms with E-state index in [-0.39, 0.29) is 10.7 Å². The highest BCUT2D eigenvalue weighted by Gasteiger charge is 2.47. The zero-order valence-electron chi connectivity index (χ0n) is 17.4. The van der Waals surface area contributed by atoms with Crippen LogP contribution in [0.4, 0.5) is 5.69 Å². The Labute approximate surface area is 182 Å². The van der Waals surface area contributed by atoms with E-state index in [4.69, 9.17) is 4.74 Å². The smallest absolute Gasteiger partial charge is 0.265 e. The molecule has 1 aliphatic heterocycles. The Morgan fingerprint density at radius 1 is 1.03 bits per heavy atom. The third kappa shape index (κ3) is 3.53. The maximum Gasteiger partial charge on any atom is 0.265 e. The lowest BCUT2D eigenvalue weighted by atomic mass is 9.90. The van der Waals surface area contributed by atoms with Gasteiger partial charge in [-0.3, -0.25) is 9.10 Å². The molecule has 3 aromatic rings. The van der Waals surface area contributed by atoms with Gasteiger partial charge in [-0.1, -0.05) is 60.2 Å². The summed E-state index contributed by atoms with van der Waals surface area (Å²) in [7, 11) is -2.51. The summed E-state index contributed by atoms with van der Waals surface area (Å²) in [5, 5.41) is 0. The molecule has 0 amide bonds. The molecule has 0 saturated carbocycles. The van der Waals surface area contributed by atoms with Crippen molar-refractivity contribution in [2.24, 2.45) is 0 Å². The zero-order chi connectivity index (χ0) is 22.2. The Morgan fingerprint density at radius 3 is 2.32 bits per heavy atom. The van der Waals surface area contributed by atoms with Crippen LogP contribution in [0.25, 0.3) is 0 Å². The second kappa shape index (κ2) is 8.04. The van der Waals surface area contributed by atoms with Crippen LogP contribution in [0.5, 0.6) is 5.75 Å². The first-order valence-electron chi connectivity index (χ1n) is 9.89. The molecule has 1 aliphatic rings. The number of anilines is 1. The standard InChI is InChI=1S/C25H23NO4S/c1-4-21-22-15-12-19(30-3)16-23(22)26(24(21)25(27)18-8-6-5-7-9-18)31(28,29)20-13-10-17(2)11-14-20/h4-16,21,24H,1H2,2-3H3/t21-,24-/m1/s1. The van der Waals surface area contributed by atoms with Gasteiger partial charge in [-0.25, -0.2) is 8.42 Å². The van der Waals surface area contributed by atoms with E-state index in [9.17, 15) is 13.2 Å². The number of methoxy groups -OCH3 is 1. The predicted molar refractivity (Wildman–Crippen MR) is 121 cm³/mol. The van der Waals surface area contributed by atoms with Gasteiger partial charge in [0.15, 0.2) is 5.78 Å². The van der Waals surface area contributed by atoms with Crippen LogP contribution in [0.1, 0.15) is 27.4 Å². The zero-order valence-corrected chi connectivity index (χ0v) is 18.2. The average molecular weight is 434 g/mol. The lowest BCUT2D eigenvalue weighted by Crippen LogP contribution is -2.44. The Morgan fingerprint density at radius 2 is 1.71 bits per heavy atom. The number of carbonyl (C=O) groups is 1. The van der Waals surface area contributed by atoms with Crippen LogP contribution in [0.2, 0.25) is 0 Å². The Kier molecular flexibility index (Phi) is 5.41. The molecule has 0 bridgehead atoms. The summed E-state index contributed by atoms with van der Waals surface area (Å²) < 4.78 is 34.2. The van der Waals surface area contributed by atoms with Crippen molar-refractivity contribution in [1.29, 1.82) is 0 Å². The topological polar surface area (TPSA) is 63.7 Å². The van der Waals surface area contributed by atoms with E-state index in [0.29, 0.717) is 17.0 Å². The van der Waals surface area contributed by atoms with Crippen molar-refractivity contribution in [3.05, 3.63) is 102 Å². The number of ketones is 1. The number of fused-ring (bicyclic) bond motifs is 1. The maximum absolute atomic E-state index is 13.8. The highest BCUT2D eigenvalue weighted by atomic mass is 32.2. The number of sulfonamides is 1. The molecular weight excluding hydrogens is 410 g/mol. The van der Waals surface area contributed by atoms with Crippen molar-refractivity contribution in [2.45, 2.75) is 23.8 Å². The lowest BCUT2D eigenvalue weighted by molar-refractivity contribution is 0.0961. The molecule has 0 spiro atoms. The number of aryl methyl sites for hydroxylation is 1. The summed E-state index contributed by atoms with van der Waals surface area (Å²) in [6, 6.07) is 19.6. The van der Waals surface area contributed by atoms with Gasteiger partial charge in [-0.2, -0.15) is 0 Å². The molecule has 0 unspecified atom stereocenters. The van der Waals surface area contributed by atoms with Crippen molar-refractivity contribution in [3.8, 4) is 5.75 Å². The highest BCUT2D eigenvalue weighted by Crippen LogP contribution is 2.47. The van der Waals surface area contributed by atoms with Gasteiger partial charge in [-0.15, -0.1) is 6.58 Å². The maximum atomic E-state index is 13.8. The number of ether oxygens (including phenoxy) is 1. The molecule has 5 nitrogen and oxygen atoms in total. The van der Waals surface area contributed by atoms with Crippen LogP contribution in [-0.2, 0) is 10.0 Å². The van der Waals surface area contributed by atoms with E-state index in [1.807, 2.05) is 13.0 Å². The van der Waals surface area contributed by atoms with Crippen molar-refractivity contribution < 1.29 is 17.9 Å². The number of hydrogen-bond acceptors (Lipinski definition) is 4. The predicted octanol–water partition coefficient (Wildman–Crippen LogP) is 4.73. The van der Waals surface area contributed by atoms with Crippen LogP contribution in [0.3, 0.4) is 0 Å². The summed E-state index contributed by atoms with van der Waals surface area (Å²) in [6.45, 7) is 5.80. The molecular formula is C25H23NO4S. The summed E-state index contributed by atoms with van der Waals surface area (Å²) >= 11 is 0. The van der Waals surface area contributed by atoms with Gasteiger partial charge in [-0.05, 0) is 30.7 Å². The largest absolute Gasteiger partial charge is 0.497 e. The number of nitrogens with zero attached hydrogens (tertiary/aromatic N) is 1. The monoisotopic (exact) mass is 433 g/mol. The summed E-state index contributed by atoms with van der Waals surface area (Å²) in [5.41, 5.74) is 2.55. The Bertz CT molecular complexity index is 1230. The number of hydrogen-bond donors (Lipinski definition) is 0. The third-order valence-corrected chi connectivity index (χ3v) is 7.40. The van der Waals surface area contributed by atoms with Crippen LogP contribution >= 0.6 is 0 Å². The molecule has 1 heterocycles. The molecule has 0 aromatic heterocycles. The van der Waals surface area contributed by atoms with Gasteiger partial charge < -0.3 is 4.74 Å².